The molecule has 6 atom stereocenters. The summed E-state index contributed by atoms with van der Waals surface area (Å²) in [7, 11) is 1.87. The summed E-state index contributed by atoms with van der Waals surface area (Å²) in [5.41, 5.74) is 4.62. The molecule has 32 heavy (non-hydrogen) atoms. The molecule has 3 aliphatic carbocycles. The number of benzene rings is 1. The van der Waals surface area contributed by atoms with E-state index in [0.29, 0.717) is 17.9 Å². The molecular formula is C29H33NO2. The van der Waals surface area contributed by atoms with Gasteiger partial charge in [-0.1, -0.05) is 31.2 Å². The molecule has 2 aliphatic heterocycles. The van der Waals surface area contributed by atoms with Gasteiger partial charge < -0.3 is 9.47 Å². The minimum atomic E-state index is -0.0840. The van der Waals surface area contributed by atoms with Gasteiger partial charge in [0, 0.05) is 31.3 Å². The molecule has 3 nitrogen and oxygen atoms in total. The number of allylic oxidation sites excluding steroid dienone is 1. The third-order valence-corrected chi connectivity index (χ3v) is 10.0. The summed E-state index contributed by atoms with van der Waals surface area (Å²) >= 11 is 0. The molecule has 2 aromatic rings. The number of ether oxygens (including phenoxy) is 2. The van der Waals surface area contributed by atoms with Gasteiger partial charge >= 0.3 is 0 Å². The fourth-order valence-electron chi connectivity index (χ4n) is 8.43. The maximum absolute atomic E-state index is 7.32. The van der Waals surface area contributed by atoms with Gasteiger partial charge in [-0.2, -0.15) is 0 Å². The molecule has 2 bridgehead atoms. The molecule has 3 heteroatoms. The fraction of sp³-hybridized carbons (Fsp3) is 0.552. The zero-order valence-corrected chi connectivity index (χ0v) is 19.3. The smallest absolute Gasteiger partial charge is 0.0974 e. The maximum atomic E-state index is 7.32. The van der Waals surface area contributed by atoms with Crippen molar-refractivity contribution >= 4 is 10.8 Å². The van der Waals surface area contributed by atoms with Crippen molar-refractivity contribution in [2.45, 2.75) is 81.5 Å². The SMILES string of the molecule is CO[C@H]1CCC2=CC3=CC[C@]4(C)[C@@H](c5ccc6ccncc6c5)CC[C@H]4[C@@]34CC[C@]2(C1)O4. The summed E-state index contributed by atoms with van der Waals surface area (Å²) in [5.74, 6) is 1.16. The van der Waals surface area contributed by atoms with E-state index in [9.17, 15) is 0 Å². The van der Waals surface area contributed by atoms with E-state index in [0.717, 1.165) is 32.1 Å². The Kier molecular flexibility index (Phi) is 3.99. The van der Waals surface area contributed by atoms with Gasteiger partial charge in [0.15, 0.2) is 0 Å². The second-order valence-electron chi connectivity index (χ2n) is 11.3. The van der Waals surface area contributed by atoms with Gasteiger partial charge in [0.05, 0.1) is 17.3 Å². The highest BCUT2D eigenvalue weighted by Crippen LogP contribution is 2.69. The van der Waals surface area contributed by atoms with Crippen molar-refractivity contribution in [2.75, 3.05) is 7.11 Å². The number of rotatable bonds is 2. The summed E-state index contributed by atoms with van der Waals surface area (Å²) < 4.78 is 13.1. The van der Waals surface area contributed by atoms with Crippen LogP contribution in [0.3, 0.4) is 0 Å². The quantitative estimate of drug-likeness (QED) is 0.549. The van der Waals surface area contributed by atoms with Gasteiger partial charge in [-0.3, -0.25) is 4.98 Å². The van der Waals surface area contributed by atoms with Crippen LogP contribution in [0.15, 0.2) is 60.0 Å². The number of hydrogen-bond donors (Lipinski definition) is 0. The molecule has 0 amide bonds. The first-order valence-electron chi connectivity index (χ1n) is 12.5. The van der Waals surface area contributed by atoms with E-state index >= 15 is 0 Å². The van der Waals surface area contributed by atoms with Crippen molar-refractivity contribution in [3.63, 3.8) is 0 Å². The van der Waals surface area contributed by atoms with Crippen LogP contribution in [0.1, 0.15) is 69.8 Å². The number of nitrogens with zero attached hydrogens (tertiary/aromatic N) is 1. The largest absolute Gasteiger partial charge is 0.381 e. The summed E-state index contributed by atoms with van der Waals surface area (Å²) in [4.78, 5) is 4.37. The summed E-state index contributed by atoms with van der Waals surface area (Å²) in [5, 5.41) is 2.54. The minimum Gasteiger partial charge on any atom is -0.381 e. The van der Waals surface area contributed by atoms with Gasteiger partial charge in [-0.25, -0.2) is 0 Å². The molecule has 1 aromatic carbocycles. The van der Waals surface area contributed by atoms with Gasteiger partial charge in [-0.05, 0) is 96.4 Å². The molecule has 3 heterocycles. The Bertz CT molecular complexity index is 1170. The zero-order valence-electron chi connectivity index (χ0n) is 19.3. The Morgan fingerprint density at radius 1 is 1.09 bits per heavy atom. The van der Waals surface area contributed by atoms with Crippen molar-refractivity contribution in [2.24, 2.45) is 11.3 Å². The fourth-order valence-corrected chi connectivity index (χ4v) is 8.43. The lowest BCUT2D eigenvalue weighted by Crippen LogP contribution is -2.54. The van der Waals surface area contributed by atoms with Gasteiger partial charge in [0.2, 0.25) is 0 Å². The standard InChI is InChI=1S/C29H33NO2/c1-27-11-9-23-16-22-5-6-24(31-2)17-28(22)12-13-29(23,32-28)26(27)8-7-25(27)20-4-3-19-10-14-30-18-21(19)15-20/h3-4,9-10,14-16,18,24-26H,5-8,11-13,17H2,1-2H3/t24-,25+,26+,27+,28+,29+/m0/s1. The number of hydrogen-bond acceptors (Lipinski definition) is 3. The van der Waals surface area contributed by atoms with Crippen LogP contribution in [0.4, 0.5) is 0 Å². The summed E-state index contributed by atoms with van der Waals surface area (Å²) in [6.45, 7) is 2.55. The van der Waals surface area contributed by atoms with Crippen LogP contribution in [0.5, 0.6) is 0 Å². The zero-order chi connectivity index (χ0) is 21.6. The van der Waals surface area contributed by atoms with E-state index in [1.807, 2.05) is 19.5 Å². The number of pyridine rings is 1. The van der Waals surface area contributed by atoms with E-state index in [-0.39, 0.29) is 16.6 Å². The van der Waals surface area contributed by atoms with Gasteiger partial charge in [-0.15, -0.1) is 0 Å². The maximum Gasteiger partial charge on any atom is 0.0974 e. The van der Waals surface area contributed by atoms with Crippen LogP contribution in [0, 0.1) is 11.3 Å². The average Bonchev–Trinajstić information content (AvgIpc) is 3.33. The Morgan fingerprint density at radius 2 is 2.03 bits per heavy atom. The first-order valence-corrected chi connectivity index (χ1v) is 12.5. The molecule has 0 radical (unpaired) electrons. The van der Waals surface area contributed by atoms with Crippen LogP contribution in [-0.2, 0) is 9.47 Å². The van der Waals surface area contributed by atoms with Crippen LogP contribution < -0.4 is 0 Å². The van der Waals surface area contributed by atoms with E-state index in [4.69, 9.17) is 9.47 Å². The minimum absolute atomic E-state index is 0.0682. The van der Waals surface area contributed by atoms with Crippen molar-refractivity contribution in [3.05, 3.63) is 65.5 Å². The third-order valence-electron chi connectivity index (χ3n) is 10.0. The highest BCUT2D eigenvalue weighted by Gasteiger charge is 2.66. The van der Waals surface area contributed by atoms with Crippen molar-refractivity contribution in [1.29, 1.82) is 0 Å². The van der Waals surface area contributed by atoms with Crippen molar-refractivity contribution < 1.29 is 9.47 Å². The number of methoxy groups -OCH3 is 1. The molecule has 1 saturated heterocycles. The van der Waals surface area contributed by atoms with Gasteiger partial charge in [0.25, 0.3) is 0 Å². The lowest BCUT2D eigenvalue weighted by Gasteiger charge is -2.54. The monoisotopic (exact) mass is 427 g/mol. The average molecular weight is 428 g/mol. The molecule has 166 valence electrons. The van der Waals surface area contributed by atoms with Crippen LogP contribution in [-0.4, -0.2) is 29.4 Å². The van der Waals surface area contributed by atoms with E-state index in [2.05, 4.69) is 48.3 Å². The van der Waals surface area contributed by atoms with Crippen molar-refractivity contribution in [3.8, 4) is 0 Å². The van der Waals surface area contributed by atoms with Crippen molar-refractivity contribution in [1.82, 2.24) is 4.98 Å². The molecule has 2 saturated carbocycles. The Balaban J connectivity index is 1.29. The summed E-state index contributed by atoms with van der Waals surface area (Å²) in [6, 6.07) is 9.17. The first kappa shape index (κ1) is 19.5. The Labute approximate surface area is 190 Å². The lowest BCUT2D eigenvalue weighted by atomic mass is 9.58. The second-order valence-corrected chi connectivity index (χ2v) is 11.3. The Hall–Kier alpha value is -1.97. The summed E-state index contributed by atoms with van der Waals surface area (Å²) in [6.07, 6.45) is 18.7. The van der Waals surface area contributed by atoms with E-state index in [1.54, 1.807) is 5.57 Å². The molecule has 1 aromatic heterocycles. The predicted octanol–water partition coefficient (Wildman–Crippen LogP) is 6.49. The van der Waals surface area contributed by atoms with Crippen LogP contribution >= 0.6 is 0 Å². The molecule has 2 spiro atoms. The molecule has 3 fully saturated rings. The van der Waals surface area contributed by atoms with E-state index < -0.39 is 0 Å². The second kappa shape index (κ2) is 6.55. The molecule has 5 aliphatic rings. The molecule has 7 rings (SSSR count). The third kappa shape index (κ3) is 2.42. The predicted molar refractivity (Wildman–Crippen MR) is 127 cm³/mol. The Morgan fingerprint density at radius 3 is 2.94 bits per heavy atom. The van der Waals surface area contributed by atoms with E-state index in [1.165, 1.54) is 41.2 Å². The molecular weight excluding hydrogens is 394 g/mol. The number of fused-ring (bicyclic) bond motifs is 2. The lowest BCUT2D eigenvalue weighted by molar-refractivity contribution is -0.147. The molecule has 0 N–H and O–H groups in total. The topological polar surface area (TPSA) is 31.4 Å². The number of aromatic nitrogens is 1. The van der Waals surface area contributed by atoms with Crippen LogP contribution in [0.25, 0.3) is 10.8 Å². The van der Waals surface area contributed by atoms with Gasteiger partial charge in [0.1, 0.15) is 0 Å². The molecule has 0 unspecified atom stereocenters. The first-order chi connectivity index (χ1) is 15.6. The van der Waals surface area contributed by atoms with Crippen LogP contribution in [0.2, 0.25) is 0 Å². The normalized spacial score (nSPS) is 42.1. The highest BCUT2D eigenvalue weighted by molar-refractivity contribution is 5.82. The highest BCUT2D eigenvalue weighted by atomic mass is 16.5.